The molecule has 1 fully saturated rings. The Hall–Kier alpha value is -3.38. The average Bonchev–Trinajstić information content (AvgIpc) is 2.95. The number of aromatic nitrogens is 1. The Morgan fingerprint density at radius 1 is 1.12 bits per heavy atom. The topological polar surface area (TPSA) is 112 Å². The number of aliphatic hydroxyl groups excluding tert-OH is 1. The minimum absolute atomic E-state index is 0.00392. The number of pyridine rings is 1. The van der Waals surface area contributed by atoms with Crippen molar-refractivity contribution in [2.45, 2.75) is 23.8 Å². The molecule has 1 saturated heterocycles. The molecule has 2 aliphatic rings. The summed E-state index contributed by atoms with van der Waals surface area (Å²) in [4.78, 5) is 20.3. The van der Waals surface area contributed by atoms with Crippen molar-refractivity contribution in [3.8, 4) is 16.9 Å². The Kier molecular flexibility index (Phi) is 8.18. The number of carbonyl (C=O) groups excluding carboxylic acids is 1. The predicted molar refractivity (Wildman–Crippen MR) is 148 cm³/mol. The fraction of sp³-hybridized carbons (Fsp3) is 0.379. The monoisotopic (exact) mass is 568 g/mol. The van der Waals surface area contributed by atoms with Crippen molar-refractivity contribution in [1.29, 1.82) is 0 Å². The smallest absolute Gasteiger partial charge is 0.256 e. The van der Waals surface area contributed by atoms with Gasteiger partial charge in [-0.1, -0.05) is 36.4 Å². The number of piperidine rings is 1. The van der Waals surface area contributed by atoms with E-state index in [0.717, 1.165) is 17.3 Å². The van der Waals surface area contributed by atoms with Gasteiger partial charge in [0.1, 0.15) is 10.6 Å². The number of fused-ring (bicyclic) bond motifs is 1. The molecule has 2 N–H and O–H groups in total. The maximum absolute atomic E-state index is 14.2. The number of β-amino-alcohol motifs (C(OH)–C–C–N with tert-alkyl or cyclic N) is 1. The van der Waals surface area contributed by atoms with Gasteiger partial charge in [-0.2, -0.15) is 0 Å². The van der Waals surface area contributed by atoms with Gasteiger partial charge in [0.15, 0.2) is 5.82 Å². The van der Waals surface area contributed by atoms with Crippen molar-refractivity contribution in [2.75, 3.05) is 46.4 Å². The highest BCUT2D eigenvalue weighted by molar-refractivity contribution is 7.89. The summed E-state index contributed by atoms with van der Waals surface area (Å²) in [6.45, 7) is 1.67. The normalized spacial score (nSPS) is 21.5. The number of likely N-dealkylation sites (N-methyl/N-ethyl adjacent to an activating group) is 1. The summed E-state index contributed by atoms with van der Waals surface area (Å²) >= 11 is 0. The van der Waals surface area contributed by atoms with E-state index in [2.05, 4.69) is 9.71 Å². The number of ether oxygens (including phenoxy) is 1. The van der Waals surface area contributed by atoms with Crippen LogP contribution in [-0.2, 0) is 10.0 Å². The van der Waals surface area contributed by atoms with Crippen LogP contribution in [0.1, 0.15) is 23.2 Å². The lowest BCUT2D eigenvalue weighted by molar-refractivity contribution is 0.0158. The maximum Gasteiger partial charge on any atom is 0.256 e. The van der Waals surface area contributed by atoms with Gasteiger partial charge in [0.05, 0.1) is 24.5 Å². The van der Waals surface area contributed by atoms with E-state index in [1.54, 1.807) is 17.0 Å². The fourth-order valence-electron chi connectivity index (χ4n) is 5.48. The second kappa shape index (κ2) is 11.6. The van der Waals surface area contributed by atoms with Crippen LogP contribution in [0.15, 0.2) is 71.9 Å². The van der Waals surface area contributed by atoms with Crippen molar-refractivity contribution in [3.05, 3.63) is 78.4 Å². The van der Waals surface area contributed by atoms with Gasteiger partial charge in [-0.3, -0.25) is 9.78 Å². The van der Waals surface area contributed by atoms with Crippen molar-refractivity contribution < 1.29 is 27.4 Å². The zero-order chi connectivity index (χ0) is 28.3. The number of likely N-dealkylation sites (tertiary alicyclic amines) is 1. The van der Waals surface area contributed by atoms with E-state index in [1.807, 2.05) is 42.3 Å². The second-order valence-corrected chi connectivity index (χ2v) is 12.4. The molecule has 5 rings (SSSR count). The van der Waals surface area contributed by atoms with Crippen molar-refractivity contribution in [1.82, 2.24) is 19.5 Å². The molecule has 40 heavy (non-hydrogen) atoms. The van der Waals surface area contributed by atoms with Crippen LogP contribution in [0.4, 0.5) is 4.39 Å². The number of nitrogens with one attached hydrogen (secondary N) is 1. The van der Waals surface area contributed by atoms with Crippen LogP contribution in [0.25, 0.3) is 11.1 Å². The number of amides is 1. The lowest BCUT2D eigenvalue weighted by Crippen LogP contribution is -2.51. The van der Waals surface area contributed by atoms with E-state index in [4.69, 9.17) is 4.74 Å². The predicted octanol–water partition coefficient (Wildman–Crippen LogP) is 2.77. The molecule has 1 spiro atoms. The number of rotatable bonds is 2. The highest BCUT2D eigenvalue weighted by atomic mass is 32.2. The standard InChI is InChI=1S/C29H33FN4O5S/c1-33-18-23(35)16-32-40(37,38)27-8-7-22(21-5-3-2-4-6-21)15-26(27)39-20-29(19-33)10-13-34(14-11-29)28(36)24-9-12-31-17-25(24)30/h2-9,12,15,17,23,32,35H,10-11,13-14,16,18-20H2,1H3. The van der Waals surface area contributed by atoms with E-state index < -0.39 is 27.4 Å². The zero-order valence-corrected chi connectivity index (χ0v) is 23.1. The third kappa shape index (κ3) is 6.17. The third-order valence-corrected chi connectivity index (χ3v) is 9.09. The minimum Gasteiger partial charge on any atom is -0.492 e. The van der Waals surface area contributed by atoms with Crippen LogP contribution < -0.4 is 9.46 Å². The summed E-state index contributed by atoms with van der Waals surface area (Å²) in [6.07, 6.45) is 2.63. The summed E-state index contributed by atoms with van der Waals surface area (Å²) < 4.78 is 49.6. The van der Waals surface area contributed by atoms with Crippen LogP contribution in [0.2, 0.25) is 0 Å². The Morgan fingerprint density at radius 3 is 2.60 bits per heavy atom. The SMILES string of the molecule is CN1CC(O)CNS(=O)(=O)c2ccc(-c3ccccc3)cc2OCC2(CCN(C(=O)c3ccncc3F)CC2)C1. The van der Waals surface area contributed by atoms with Crippen molar-refractivity contribution in [2.24, 2.45) is 5.41 Å². The number of hydrogen-bond acceptors (Lipinski definition) is 7. The number of benzene rings is 2. The lowest BCUT2D eigenvalue weighted by Gasteiger charge is -2.44. The van der Waals surface area contributed by atoms with Crippen molar-refractivity contribution in [3.63, 3.8) is 0 Å². The van der Waals surface area contributed by atoms with Crippen LogP contribution in [0, 0.1) is 11.2 Å². The number of sulfonamides is 1. The molecule has 9 nitrogen and oxygen atoms in total. The molecular weight excluding hydrogens is 535 g/mol. The van der Waals surface area contributed by atoms with Crippen LogP contribution in [0.3, 0.4) is 0 Å². The average molecular weight is 569 g/mol. The molecule has 212 valence electrons. The first-order chi connectivity index (χ1) is 19.2. The van der Waals surface area contributed by atoms with E-state index >= 15 is 0 Å². The molecule has 1 aromatic heterocycles. The quantitative estimate of drug-likeness (QED) is 0.489. The first-order valence-electron chi connectivity index (χ1n) is 13.2. The highest BCUT2D eigenvalue weighted by Crippen LogP contribution is 2.37. The van der Waals surface area contributed by atoms with Gasteiger partial charge in [-0.25, -0.2) is 17.5 Å². The van der Waals surface area contributed by atoms with Gasteiger partial charge in [0.2, 0.25) is 10.0 Å². The lowest BCUT2D eigenvalue weighted by atomic mass is 9.78. The third-order valence-electron chi connectivity index (χ3n) is 7.63. The number of aliphatic hydroxyl groups is 1. The van der Waals surface area contributed by atoms with Gasteiger partial charge in [-0.05, 0) is 49.2 Å². The van der Waals surface area contributed by atoms with E-state index in [-0.39, 0.29) is 41.8 Å². The Labute approximate surface area is 233 Å². The molecule has 1 unspecified atom stereocenters. The molecule has 2 aromatic carbocycles. The van der Waals surface area contributed by atoms with Gasteiger partial charge in [-0.15, -0.1) is 0 Å². The van der Waals surface area contributed by atoms with Gasteiger partial charge in [0.25, 0.3) is 5.91 Å². The minimum atomic E-state index is -3.96. The number of hydrogen-bond donors (Lipinski definition) is 2. The Bertz CT molecular complexity index is 1460. The first kappa shape index (κ1) is 28.2. The Balaban J connectivity index is 1.44. The summed E-state index contributed by atoms with van der Waals surface area (Å²) in [5.74, 6) is -0.817. The second-order valence-electron chi connectivity index (χ2n) is 10.7. The van der Waals surface area contributed by atoms with Gasteiger partial charge < -0.3 is 19.6 Å². The van der Waals surface area contributed by atoms with Gasteiger partial charge in [0, 0.05) is 44.3 Å². The fourth-order valence-corrected chi connectivity index (χ4v) is 6.68. The summed E-state index contributed by atoms with van der Waals surface area (Å²) in [5, 5.41) is 10.6. The van der Waals surface area contributed by atoms with Crippen LogP contribution in [-0.4, -0.2) is 86.7 Å². The molecule has 11 heteroatoms. The van der Waals surface area contributed by atoms with Crippen LogP contribution in [0.5, 0.6) is 5.75 Å². The van der Waals surface area contributed by atoms with E-state index in [9.17, 15) is 22.7 Å². The van der Waals surface area contributed by atoms with Gasteiger partial charge >= 0.3 is 0 Å². The number of nitrogens with zero attached hydrogens (tertiary/aromatic N) is 3. The summed E-state index contributed by atoms with van der Waals surface area (Å²) in [6, 6.07) is 16.0. The molecule has 0 aliphatic carbocycles. The van der Waals surface area contributed by atoms with E-state index in [0.29, 0.717) is 32.5 Å². The van der Waals surface area contributed by atoms with Crippen LogP contribution >= 0.6 is 0 Å². The number of carbonyl (C=O) groups is 1. The molecule has 0 radical (unpaired) electrons. The number of halogens is 1. The molecule has 2 aliphatic heterocycles. The molecule has 1 amide bonds. The largest absolute Gasteiger partial charge is 0.492 e. The first-order valence-corrected chi connectivity index (χ1v) is 14.7. The Morgan fingerprint density at radius 2 is 1.88 bits per heavy atom. The molecular formula is C29H33FN4O5S. The molecule has 3 aromatic rings. The summed E-state index contributed by atoms with van der Waals surface area (Å²) in [5.41, 5.74) is 1.29. The van der Waals surface area contributed by atoms with E-state index in [1.165, 1.54) is 18.3 Å². The zero-order valence-electron chi connectivity index (χ0n) is 22.3. The molecule has 0 bridgehead atoms. The molecule has 1 atom stereocenters. The summed E-state index contributed by atoms with van der Waals surface area (Å²) in [7, 11) is -2.09. The van der Waals surface area contributed by atoms with Crippen molar-refractivity contribution >= 4 is 15.9 Å². The maximum atomic E-state index is 14.2. The molecule has 3 heterocycles. The highest BCUT2D eigenvalue weighted by Gasteiger charge is 2.39. The molecule has 0 saturated carbocycles.